The minimum atomic E-state index is -0.321. The maximum absolute atomic E-state index is 12.3. The lowest BCUT2D eigenvalue weighted by atomic mass is 10.2. The Kier molecular flexibility index (Phi) is 3.88. The largest absolute Gasteiger partial charge is 0.340 e. The first-order valence-electron chi connectivity index (χ1n) is 7.08. The number of likely N-dealkylation sites (N-methyl/N-ethyl adjacent to an activating group) is 1. The number of fused-ring (bicyclic) bond motifs is 1. The number of rotatable bonds is 4. The van der Waals surface area contributed by atoms with Crippen molar-refractivity contribution in [1.29, 1.82) is 0 Å². The minimum absolute atomic E-state index is 0.145. The molecular weight excluding hydrogens is 296 g/mol. The summed E-state index contributed by atoms with van der Waals surface area (Å²) in [6.45, 7) is 0.274. The average Bonchev–Trinajstić information content (AvgIpc) is 2.95. The van der Waals surface area contributed by atoms with Crippen molar-refractivity contribution in [3.05, 3.63) is 52.6 Å². The molecule has 0 bridgehead atoms. The van der Waals surface area contributed by atoms with Crippen LogP contribution in [0.2, 0.25) is 0 Å². The van der Waals surface area contributed by atoms with Gasteiger partial charge in [0.2, 0.25) is 5.91 Å². The first-order chi connectivity index (χ1) is 11.0. The van der Waals surface area contributed by atoms with Crippen LogP contribution < -0.4 is 5.56 Å². The molecule has 1 aromatic carbocycles. The Morgan fingerprint density at radius 2 is 2.09 bits per heavy atom. The number of carbonyl (C=O) groups excluding carboxylic acids is 1. The van der Waals surface area contributed by atoms with Crippen LogP contribution in [0.15, 0.2) is 41.5 Å². The van der Waals surface area contributed by atoms with Crippen molar-refractivity contribution in [1.82, 2.24) is 29.7 Å². The van der Waals surface area contributed by atoms with Gasteiger partial charge in [0.25, 0.3) is 5.56 Å². The van der Waals surface area contributed by atoms with Crippen LogP contribution in [0.5, 0.6) is 0 Å². The SMILES string of the molecule is CN(Cc1cnn(C)c1)C(=O)Cn1nnc2ccccc2c1=O. The van der Waals surface area contributed by atoms with E-state index >= 15 is 0 Å². The second-order valence-corrected chi connectivity index (χ2v) is 5.34. The third kappa shape index (κ3) is 3.10. The molecule has 3 aromatic rings. The van der Waals surface area contributed by atoms with Gasteiger partial charge in [0.15, 0.2) is 0 Å². The highest BCUT2D eigenvalue weighted by atomic mass is 16.2. The van der Waals surface area contributed by atoms with Gasteiger partial charge in [-0.3, -0.25) is 14.3 Å². The van der Waals surface area contributed by atoms with Crippen molar-refractivity contribution in [2.75, 3.05) is 7.05 Å². The summed E-state index contributed by atoms with van der Waals surface area (Å²) in [5, 5.41) is 12.3. The van der Waals surface area contributed by atoms with Crippen LogP contribution in [0, 0.1) is 0 Å². The molecule has 1 amide bonds. The predicted molar refractivity (Wildman–Crippen MR) is 83.5 cm³/mol. The Labute approximate surface area is 131 Å². The molecule has 0 saturated heterocycles. The molecule has 8 nitrogen and oxygen atoms in total. The van der Waals surface area contributed by atoms with Gasteiger partial charge >= 0.3 is 0 Å². The fraction of sp³-hybridized carbons (Fsp3) is 0.267. The zero-order valence-corrected chi connectivity index (χ0v) is 12.9. The zero-order valence-electron chi connectivity index (χ0n) is 12.9. The molecule has 2 aromatic heterocycles. The molecule has 8 heteroatoms. The van der Waals surface area contributed by atoms with Gasteiger partial charge in [-0.05, 0) is 12.1 Å². The highest BCUT2D eigenvalue weighted by Gasteiger charge is 2.14. The monoisotopic (exact) mass is 312 g/mol. The standard InChI is InChI=1S/C15H16N6O2/c1-19(8-11-7-16-20(2)9-11)14(22)10-21-15(23)12-5-3-4-6-13(12)17-18-21/h3-7,9H,8,10H2,1-2H3. The van der Waals surface area contributed by atoms with Crippen molar-refractivity contribution in [3.8, 4) is 0 Å². The smallest absolute Gasteiger partial charge is 0.278 e. The number of nitrogens with zero attached hydrogens (tertiary/aromatic N) is 6. The van der Waals surface area contributed by atoms with E-state index in [1.165, 1.54) is 4.90 Å². The summed E-state index contributed by atoms with van der Waals surface area (Å²) in [5.74, 6) is -0.222. The second-order valence-electron chi connectivity index (χ2n) is 5.34. The van der Waals surface area contributed by atoms with E-state index in [0.717, 1.165) is 10.2 Å². The van der Waals surface area contributed by atoms with Crippen LogP contribution in [0.4, 0.5) is 0 Å². The molecule has 0 radical (unpaired) electrons. The molecule has 0 atom stereocenters. The summed E-state index contributed by atoms with van der Waals surface area (Å²) < 4.78 is 2.76. The van der Waals surface area contributed by atoms with E-state index in [9.17, 15) is 9.59 Å². The summed E-state index contributed by atoms with van der Waals surface area (Å²) in [4.78, 5) is 26.1. The van der Waals surface area contributed by atoms with E-state index in [4.69, 9.17) is 0 Å². The van der Waals surface area contributed by atoms with Gasteiger partial charge < -0.3 is 4.90 Å². The minimum Gasteiger partial charge on any atom is -0.340 e. The number of hydrogen-bond acceptors (Lipinski definition) is 5. The summed E-state index contributed by atoms with van der Waals surface area (Å²) in [6, 6.07) is 6.93. The van der Waals surface area contributed by atoms with E-state index in [1.807, 2.05) is 13.2 Å². The van der Waals surface area contributed by atoms with Crippen LogP contribution in [0.1, 0.15) is 5.56 Å². The highest BCUT2D eigenvalue weighted by Crippen LogP contribution is 2.04. The van der Waals surface area contributed by atoms with Gasteiger partial charge in [0, 0.05) is 32.4 Å². The molecule has 0 fully saturated rings. The molecule has 0 aliphatic rings. The number of carbonyl (C=O) groups is 1. The van der Waals surface area contributed by atoms with E-state index in [1.54, 1.807) is 42.2 Å². The molecule has 0 spiro atoms. The van der Waals surface area contributed by atoms with Gasteiger partial charge in [-0.2, -0.15) is 5.10 Å². The Morgan fingerprint density at radius 3 is 2.83 bits per heavy atom. The number of amides is 1. The Bertz CT molecular complexity index is 913. The molecule has 0 N–H and O–H groups in total. The Morgan fingerprint density at radius 1 is 1.30 bits per heavy atom. The predicted octanol–water partition coefficient (Wildman–Crippen LogP) is 0.184. The van der Waals surface area contributed by atoms with Gasteiger partial charge in [0.1, 0.15) is 12.1 Å². The Hall–Kier alpha value is -3.03. The topological polar surface area (TPSA) is 85.9 Å². The molecule has 3 rings (SSSR count). The number of benzene rings is 1. The van der Waals surface area contributed by atoms with Crippen LogP contribution in [-0.2, 0) is 24.9 Å². The molecule has 118 valence electrons. The highest BCUT2D eigenvalue weighted by molar-refractivity contribution is 5.78. The van der Waals surface area contributed by atoms with Crippen LogP contribution in [-0.4, -0.2) is 42.6 Å². The zero-order chi connectivity index (χ0) is 16.4. The van der Waals surface area contributed by atoms with Crippen LogP contribution >= 0.6 is 0 Å². The van der Waals surface area contributed by atoms with Crippen molar-refractivity contribution in [2.24, 2.45) is 7.05 Å². The van der Waals surface area contributed by atoms with E-state index in [-0.39, 0.29) is 18.0 Å². The second kappa shape index (κ2) is 5.99. The van der Waals surface area contributed by atoms with Crippen molar-refractivity contribution < 1.29 is 4.79 Å². The maximum atomic E-state index is 12.3. The summed E-state index contributed by atoms with van der Waals surface area (Å²) in [5.41, 5.74) is 1.11. The van der Waals surface area contributed by atoms with Crippen molar-refractivity contribution in [2.45, 2.75) is 13.1 Å². The number of hydrogen-bond donors (Lipinski definition) is 0. The molecule has 0 unspecified atom stereocenters. The number of aromatic nitrogens is 5. The summed E-state index contributed by atoms with van der Waals surface area (Å²) in [6.07, 6.45) is 3.54. The van der Waals surface area contributed by atoms with Gasteiger partial charge in [-0.25, -0.2) is 4.68 Å². The van der Waals surface area contributed by atoms with Crippen LogP contribution in [0.3, 0.4) is 0 Å². The third-order valence-electron chi connectivity index (χ3n) is 3.52. The molecule has 2 heterocycles. The van der Waals surface area contributed by atoms with Crippen molar-refractivity contribution in [3.63, 3.8) is 0 Å². The van der Waals surface area contributed by atoms with Crippen LogP contribution in [0.25, 0.3) is 10.9 Å². The van der Waals surface area contributed by atoms with E-state index in [2.05, 4.69) is 15.4 Å². The average molecular weight is 312 g/mol. The quantitative estimate of drug-likeness (QED) is 0.686. The maximum Gasteiger partial charge on any atom is 0.278 e. The lowest BCUT2D eigenvalue weighted by Gasteiger charge is -2.16. The molecular formula is C15H16N6O2. The Balaban J connectivity index is 1.77. The number of aryl methyl sites for hydroxylation is 1. The summed E-state index contributed by atoms with van der Waals surface area (Å²) in [7, 11) is 3.49. The first-order valence-corrected chi connectivity index (χ1v) is 7.08. The fourth-order valence-corrected chi connectivity index (χ4v) is 2.29. The molecule has 0 saturated carbocycles. The van der Waals surface area contributed by atoms with Gasteiger partial charge in [-0.15, -0.1) is 5.10 Å². The summed E-state index contributed by atoms with van der Waals surface area (Å²) >= 11 is 0. The van der Waals surface area contributed by atoms with Gasteiger partial charge in [-0.1, -0.05) is 17.3 Å². The normalized spacial score (nSPS) is 10.9. The molecule has 23 heavy (non-hydrogen) atoms. The molecule has 0 aliphatic heterocycles. The van der Waals surface area contributed by atoms with E-state index < -0.39 is 0 Å². The fourth-order valence-electron chi connectivity index (χ4n) is 2.29. The molecule has 0 aliphatic carbocycles. The third-order valence-corrected chi connectivity index (χ3v) is 3.52. The van der Waals surface area contributed by atoms with E-state index in [0.29, 0.717) is 17.4 Å². The lowest BCUT2D eigenvalue weighted by molar-refractivity contribution is -0.131. The van der Waals surface area contributed by atoms with Gasteiger partial charge in [0.05, 0.1) is 11.6 Å². The lowest BCUT2D eigenvalue weighted by Crippen LogP contribution is -2.35. The van der Waals surface area contributed by atoms with Crippen molar-refractivity contribution >= 4 is 16.8 Å². The first kappa shape index (κ1) is 14.9.